The summed E-state index contributed by atoms with van der Waals surface area (Å²) in [6.45, 7) is 5.08. The maximum Gasteiger partial charge on any atom is 0.303 e. The maximum absolute atomic E-state index is 10.7. The molecule has 0 unspecified atom stereocenters. The molecular formula is C23H27NO3S. The number of carboxylic acid groups (broad SMARTS) is 1. The van der Waals surface area contributed by atoms with Gasteiger partial charge in [0.1, 0.15) is 5.75 Å². The number of rotatable bonds is 9. The van der Waals surface area contributed by atoms with Crippen LogP contribution in [0.2, 0.25) is 0 Å². The second-order valence-electron chi connectivity index (χ2n) is 6.99. The summed E-state index contributed by atoms with van der Waals surface area (Å²) in [5.74, 6) is 0.591. The van der Waals surface area contributed by atoms with Crippen LogP contribution in [0.5, 0.6) is 5.75 Å². The normalized spacial score (nSPS) is 11.2. The first-order valence-corrected chi connectivity index (χ1v) is 10.8. The number of thioether (sulfide) groups is 1. The third-order valence-electron chi connectivity index (χ3n) is 5.01. The fraction of sp³-hybridized carbons (Fsp3) is 0.348. The molecule has 2 N–H and O–H groups in total. The summed E-state index contributed by atoms with van der Waals surface area (Å²) in [4.78, 5) is 12.0. The highest BCUT2D eigenvalue weighted by Gasteiger charge is 2.16. The van der Waals surface area contributed by atoms with Crippen LogP contribution in [0, 0.1) is 6.92 Å². The van der Waals surface area contributed by atoms with E-state index in [-0.39, 0.29) is 12.2 Å². The number of phenols is 1. The lowest BCUT2D eigenvalue weighted by Gasteiger charge is -2.12. The summed E-state index contributed by atoms with van der Waals surface area (Å²) in [6, 6.07) is 14.2. The van der Waals surface area contributed by atoms with Crippen molar-refractivity contribution in [3.05, 3.63) is 48.0 Å². The average Bonchev–Trinajstić information content (AvgIpc) is 2.94. The molecule has 0 aliphatic heterocycles. The number of aromatic hydroxyl groups is 1. The summed E-state index contributed by atoms with van der Waals surface area (Å²) in [7, 11) is 0. The molecule has 0 atom stereocenters. The number of aromatic nitrogens is 1. The Morgan fingerprint density at radius 2 is 1.82 bits per heavy atom. The Hall–Kier alpha value is -2.40. The van der Waals surface area contributed by atoms with Crippen molar-refractivity contribution in [2.75, 3.05) is 5.75 Å². The molecule has 0 saturated heterocycles. The fourth-order valence-corrected chi connectivity index (χ4v) is 4.38. The van der Waals surface area contributed by atoms with E-state index in [2.05, 4.69) is 42.7 Å². The lowest BCUT2D eigenvalue weighted by atomic mass is 10.1. The maximum atomic E-state index is 10.7. The number of hydrogen-bond donors (Lipinski definition) is 2. The fourth-order valence-electron chi connectivity index (χ4n) is 3.71. The van der Waals surface area contributed by atoms with Crippen LogP contribution >= 0.6 is 11.8 Å². The van der Waals surface area contributed by atoms with Gasteiger partial charge < -0.3 is 14.8 Å². The van der Waals surface area contributed by atoms with Crippen LogP contribution < -0.4 is 0 Å². The van der Waals surface area contributed by atoms with Gasteiger partial charge in [0, 0.05) is 28.8 Å². The van der Waals surface area contributed by atoms with E-state index in [1.165, 1.54) is 16.2 Å². The number of aliphatic carboxylic acids is 1. The van der Waals surface area contributed by atoms with Crippen molar-refractivity contribution in [3.63, 3.8) is 0 Å². The van der Waals surface area contributed by atoms with Crippen molar-refractivity contribution in [2.45, 2.75) is 51.0 Å². The Bertz CT molecular complexity index is 960. The molecule has 0 fully saturated rings. The molecule has 2 aromatic carbocycles. The van der Waals surface area contributed by atoms with E-state index >= 15 is 0 Å². The molecule has 0 saturated carbocycles. The minimum absolute atomic E-state index is 0.225. The van der Waals surface area contributed by atoms with Crippen molar-refractivity contribution < 1.29 is 15.0 Å². The van der Waals surface area contributed by atoms with Gasteiger partial charge in [-0.2, -0.15) is 0 Å². The molecule has 4 nitrogen and oxygen atoms in total. The second-order valence-corrected chi connectivity index (χ2v) is 8.33. The third kappa shape index (κ3) is 4.53. The van der Waals surface area contributed by atoms with Crippen molar-refractivity contribution in [2.24, 2.45) is 0 Å². The van der Waals surface area contributed by atoms with Gasteiger partial charge in [0.15, 0.2) is 0 Å². The van der Waals surface area contributed by atoms with Crippen LogP contribution in [-0.2, 0) is 11.3 Å². The van der Waals surface area contributed by atoms with Gasteiger partial charge in [0.05, 0.1) is 5.69 Å². The van der Waals surface area contributed by atoms with Crippen LogP contribution in [-0.4, -0.2) is 26.5 Å². The number of carbonyl (C=O) groups is 1. The summed E-state index contributed by atoms with van der Waals surface area (Å²) < 4.78 is 2.31. The molecule has 0 spiro atoms. The van der Waals surface area contributed by atoms with Crippen LogP contribution in [0.1, 0.15) is 38.2 Å². The van der Waals surface area contributed by atoms with E-state index in [0.717, 1.165) is 41.6 Å². The molecule has 148 valence electrons. The Balaban J connectivity index is 1.95. The van der Waals surface area contributed by atoms with E-state index in [4.69, 9.17) is 5.11 Å². The molecule has 1 aromatic heterocycles. The lowest BCUT2D eigenvalue weighted by molar-refractivity contribution is -0.137. The van der Waals surface area contributed by atoms with Gasteiger partial charge >= 0.3 is 5.97 Å². The molecule has 3 rings (SSSR count). The molecule has 0 aliphatic rings. The Morgan fingerprint density at radius 1 is 1.07 bits per heavy atom. The van der Waals surface area contributed by atoms with E-state index in [0.29, 0.717) is 6.42 Å². The first-order chi connectivity index (χ1) is 13.5. The molecular weight excluding hydrogens is 370 g/mol. The Kier molecular flexibility index (Phi) is 6.68. The van der Waals surface area contributed by atoms with Crippen molar-refractivity contribution >= 4 is 28.6 Å². The third-order valence-corrected chi connectivity index (χ3v) is 5.91. The summed E-state index contributed by atoms with van der Waals surface area (Å²) in [5, 5.41) is 19.8. The van der Waals surface area contributed by atoms with Gasteiger partial charge in [0.2, 0.25) is 0 Å². The van der Waals surface area contributed by atoms with Crippen LogP contribution in [0.3, 0.4) is 0 Å². The summed E-state index contributed by atoms with van der Waals surface area (Å²) in [5.41, 5.74) is 4.61. The number of aryl methyl sites for hydroxylation is 2. The predicted octanol–water partition coefficient (Wildman–Crippen LogP) is 6.08. The Morgan fingerprint density at radius 3 is 2.50 bits per heavy atom. The highest BCUT2D eigenvalue weighted by Crippen LogP contribution is 2.36. The van der Waals surface area contributed by atoms with Crippen molar-refractivity contribution in [1.82, 2.24) is 4.57 Å². The van der Waals surface area contributed by atoms with Crippen LogP contribution in [0.4, 0.5) is 0 Å². The number of nitrogens with zero attached hydrogens (tertiary/aromatic N) is 1. The SMILES string of the molecule is CCSc1ccc(-c2c(C)c3cc(O)ccc3n2CCCCCC(=O)O)cc1. The van der Waals surface area contributed by atoms with Gasteiger partial charge in [0.25, 0.3) is 0 Å². The Labute approximate surface area is 170 Å². The van der Waals surface area contributed by atoms with E-state index in [1.807, 2.05) is 23.9 Å². The number of unbranched alkanes of at least 4 members (excludes halogenated alkanes) is 2. The van der Waals surface area contributed by atoms with Crippen molar-refractivity contribution in [1.29, 1.82) is 0 Å². The average molecular weight is 398 g/mol. The lowest BCUT2D eigenvalue weighted by Crippen LogP contribution is -2.02. The quantitative estimate of drug-likeness (QED) is 0.339. The highest BCUT2D eigenvalue weighted by molar-refractivity contribution is 7.99. The topological polar surface area (TPSA) is 62.5 Å². The van der Waals surface area contributed by atoms with E-state index in [1.54, 1.807) is 6.07 Å². The minimum atomic E-state index is -0.733. The predicted molar refractivity (Wildman–Crippen MR) is 116 cm³/mol. The molecule has 1 heterocycles. The van der Waals surface area contributed by atoms with Gasteiger partial charge in [-0.25, -0.2) is 0 Å². The van der Waals surface area contributed by atoms with Gasteiger partial charge in [-0.1, -0.05) is 25.5 Å². The zero-order valence-electron chi connectivity index (χ0n) is 16.4. The highest BCUT2D eigenvalue weighted by atomic mass is 32.2. The molecule has 0 radical (unpaired) electrons. The minimum Gasteiger partial charge on any atom is -0.508 e. The first kappa shape index (κ1) is 20.3. The number of phenolic OH excluding ortho intramolecular Hbond substituents is 1. The van der Waals surface area contributed by atoms with Gasteiger partial charge in [-0.15, -0.1) is 11.8 Å². The zero-order valence-corrected chi connectivity index (χ0v) is 17.3. The van der Waals surface area contributed by atoms with Crippen LogP contribution in [0.25, 0.3) is 22.2 Å². The standard InChI is InChI=1S/C23H27NO3S/c1-3-28-19-11-8-17(9-12-19)23-16(2)20-15-18(25)10-13-21(20)24(23)14-6-4-5-7-22(26)27/h8-13,15,25H,3-7,14H2,1-2H3,(H,26,27). The number of carboxylic acids is 1. The zero-order chi connectivity index (χ0) is 20.1. The molecule has 3 aromatic rings. The van der Waals surface area contributed by atoms with E-state index < -0.39 is 5.97 Å². The smallest absolute Gasteiger partial charge is 0.303 e. The summed E-state index contributed by atoms with van der Waals surface area (Å²) >= 11 is 1.83. The molecule has 28 heavy (non-hydrogen) atoms. The molecule has 5 heteroatoms. The number of benzene rings is 2. The first-order valence-electron chi connectivity index (χ1n) is 9.78. The van der Waals surface area contributed by atoms with Gasteiger partial charge in [-0.3, -0.25) is 4.79 Å². The largest absolute Gasteiger partial charge is 0.508 e. The summed E-state index contributed by atoms with van der Waals surface area (Å²) in [6.07, 6.45) is 2.73. The van der Waals surface area contributed by atoms with Gasteiger partial charge in [-0.05, 0) is 67.0 Å². The molecule has 0 bridgehead atoms. The van der Waals surface area contributed by atoms with Crippen LogP contribution in [0.15, 0.2) is 47.4 Å². The number of fused-ring (bicyclic) bond motifs is 1. The molecule has 0 aliphatic carbocycles. The monoisotopic (exact) mass is 397 g/mol. The second kappa shape index (κ2) is 9.20. The van der Waals surface area contributed by atoms with E-state index in [9.17, 15) is 9.90 Å². The van der Waals surface area contributed by atoms with Crippen molar-refractivity contribution in [3.8, 4) is 17.0 Å². The number of hydrogen-bond acceptors (Lipinski definition) is 3. The molecule has 0 amide bonds.